The van der Waals surface area contributed by atoms with Crippen molar-refractivity contribution in [1.82, 2.24) is 20.9 Å². The van der Waals surface area contributed by atoms with Crippen molar-refractivity contribution in [1.29, 1.82) is 0 Å². The second-order valence-corrected chi connectivity index (χ2v) is 10.4. The number of fused-ring (bicyclic) bond motifs is 1. The van der Waals surface area contributed by atoms with Crippen LogP contribution in [-0.4, -0.2) is 59.7 Å². The first-order valence-electron chi connectivity index (χ1n) is 14.2. The number of nitrogens with one attached hydrogen (secondary N) is 4. The second-order valence-electron chi connectivity index (χ2n) is 10.4. The van der Waals surface area contributed by atoms with Gasteiger partial charge in [0.05, 0.1) is 24.3 Å². The number of para-hydroxylation sites is 1. The Morgan fingerprint density at radius 1 is 0.907 bits per heavy atom. The van der Waals surface area contributed by atoms with Crippen LogP contribution in [0.4, 0.5) is 0 Å². The zero-order chi connectivity index (χ0) is 30.8. The summed E-state index contributed by atoms with van der Waals surface area (Å²) in [5.74, 6) is 5.82. The number of aromatic nitrogens is 1. The Bertz CT molecular complexity index is 1650. The summed E-state index contributed by atoms with van der Waals surface area (Å²) in [7, 11) is 0. The molecule has 222 valence electrons. The van der Waals surface area contributed by atoms with E-state index in [1.807, 2.05) is 44.3 Å². The molecule has 0 saturated carbocycles. The number of rotatable bonds is 11. The van der Waals surface area contributed by atoms with Crippen LogP contribution < -0.4 is 20.7 Å². The number of amides is 3. The number of benzene rings is 3. The Kier molecular flexibility index (Phi) is 10.6. The van der Waals surface area contributed by atoms with Crippen LogP contribution in [0.3, 0.4) is 0 Å². The van der Waals surface area contributed by atoms with Gasteiger partial charge in [-0.15, -0.1) is 0 Å². The van der Waals surface area contributed by atoms with E-state index in [1.165, 1.54) is 6.92 Å². The molecule has 4 rings (SSSR count). The number of ether oxygens (including phenoxy) is 1. The third-order valence-corrected chi connectivity index (χ3v) is 6.57. The maximum atomic E-state index is 13.4. The molecule has 0 bridgehead atoms. The number of carbonyl (C=O) groups excluding carboxylic acids is 3. The standard InChI is InChI=1S/C34H36N4O5/c1-22(2)43-32-15-12-25(9-8-24-10-13-26(14-11-24)33(41)36-17-16-35-23(3)40)18-30(32)34(42)38-28(21-39)19-27-20-37-31-7-5-4-6-29(27)31/h4-7,10-15,18,20,22,28,37,39H,16-17,19,21H2,1-3H3,(H,35,40)(H,36,41)(H,38,42)/t28-/m1/s1. The zero-order valence-electron chi connectivity index (χ0n) is 24.5. The van der Waals surface area contributed by atoms with E-state index in [0.29, 0.717) is 47.5 Å². The summed E-state index contributed by atoms with van der Waals surface area (Å²) < 4.78 is 5.91. The fraction of sp³-hybridized carbons (Fsp3) is 0.265. The zero-order valence-corrected chi connectivity index (χ0v) is 24.5. The molecular formula is C34H36N4O5. The van der Waals surface area contributed by atoms with E-state index >= 15 is 0 Å². The minimum Gasteiger partial charge on any atom is -0.490 e. The SMILES string of the molecule is CC(=O)NCCNC(=O)c1ccc(C#Cc2ccc(OC(C)C)c(C(=O)N[C@@H](CO)Cc3c[nH]c4ccccc34)c2)cc1. The van der Waals surface area contributed by atoms with Crippen LogP contribution in [0.2, 0.25) is 0 Å². The van der Waals surface area contributed by atoms with Crippen molar-refractivity contribution in [3.63, 3.8) is 0 Å². The molecule has 9 heteroatoms. The van der Waals surface area contributed by atoms with Crippen molar-refractivity contribution < 1.29 is 24.2 Å². The molecular weight excluding hydrogens is 544 g/mol. The number of hydrogen-bond acceptors (Lipinski definition) is 5. The quantitative estimate of drug-likeness (QED) is 0.137. The third-order valence-electron chi connectivity index (χ3n) is 6.57. The Morgan fingerprint density at radius 3 is 2.33 bits per heavy atom. The highest BCUT2D eigenvalue weighted by Gasteiger charge is 2.19. The van der Waals surface area contributed by atoms with E-state index in [4.69, 9.17) is 4.74 Å². The van der Waals surface area contributed by atoms with Crippen LogP contribution >= 0.6 is 0 Å². The summed E-state index contributed by atoms with van der Waals surface area (Å²) in [6, 6.07) is 19.4. The number of aliphatic hydroxyl groups excluding tert-OH is 1. The molecule has 9 nitrogen and oxygen atoms in total. The predicted octanol–water partition coefficient (Wildman–Crippen LogP) is 3.55. The van der Waals surface area contributed by atoms with Crippen molar-refractivity contribution in [2.45, 2.75) is 39.3 Å². The highest BCUT2D eigenvalue weighted by molar-refractivity contribution is 5.97. The fourth-order valence-corrected chi connectivity index (χ4v) is 4.50. The van der Waals surface area contributed by atoms with Gasteiger partial charge in [-0.25, -0.2) is 0 Å². The van der Waals surface area contributed by atoms with Crippen molar-refractivity contribution in [2.75, 3.05) is 19.7 Å². The van der Waals surface area contributed by atoms with E-state index in [1.54, 1.807) is 42.5 Å². The van der Waals surface area contributed by atoms with Crippen molar-refractivity contribution in [3.05, 3.63) is 101 Å². The lowest BCUT2D eigenvalue weighted by Crippen LogP contribution is -2.39. The first-order valence-corrected chi connectivity index (χ1v) is 14.2. The summed E-state index contributed by atoms with van der Waals surface area (Å²) in [5, 5.41) is 19.5. The topological polar surface area (TPSA) is 133 Å². The van der Waals surface area contributed by atoms with Gasteiger partial charge < -0.3 is 30.8 Å². The van der Waals surface area contributed by atoms with E-state index in [-0.39, 0.29) is 30.4 Å². The van der Waals surface area contributed by atoms with Crippen LogP contribution in [-0.2, 0) is 11.2 Å². The monoisotopic (exact) mass is 580 g/mol. The molecule has 3 aromatic carbocycles. The normalized spacial score (nSPS) is 11.4. The molecule has 5 N–H and O–H groups in total. The maximum Gasteiger partial charge on any atom is 0.255 e. The highest BCUT2D eigenvalue weighted by atomic mass is 16.5. The van der Waals surface area contributed by atoms with Gasteiger partial charge >= 0.3 is 0 Å². The molecule has 1 heterocycles. The fourth-order valence-electron chi connectivity index (χ4n) is 4.50. The van der Waals surface area contributed by atoms with Gasteiger partial charge in [0, 0.05) is 53.8 Å². The van der Waals surface area contributed by atoms with E-state index in [0.717, 1.165) is 16.5 Å². The molecule has 4 aromatic rings. The molecule has 0 fully saturated rings. The number of aromatic amines is 1. The molecule has 0 radical (unpaired) electrons. The van der Waals surface area contributed by atoms with E-state index < -0.39 is 6.04 Å². The van der Waals surface area contributed by atoms with Gasteiger partial charge in [-0.2, -0.15) is 0 Å². The van der Waals surface area contributed by atoms with Gasteiger partial charge in [0.1, 0.15) is 5.75 Å². The van der Waals surface area contributed by atoms with E-state index in [2.05, 4.69) is 32.8 Å². The van der Waals surface area contributed by atoms with Gasteiger partial charge in [0.25, 0.3) is 11.8 Å². The van der Waals surface area contributed by atoms with Gasteiger partial charge in [-0.3, -0.25) is 14.4 Å². The van der Waals surface area contributed by atoms with Gasteiger partial charge in [-0.05, 0) is 74.4 Å². The largest absolute Gasteiger partial charge is 0.490 e. The molecule has 0 spiro atoms. The summed E-state index contributed by atoms with van der Waals surface area (Å²) in [6.07, 6.45) is 2.20. The summed E-state index contributed by atoms with van der Waals surface area (Å²) in [4.78, 5) is 39.9. The first-order chi connectivity index (χ1) is 20.7. The third kappa shape index (κ3) is 8.71. The Labute approximate surface area is 251 Å². The van der Waals surface area contributed by atoms with Crippen LogP contribution in [0.25, 0.3) is 10.9 Å². The Hall–Kier alpha value is -5.07. The first kappa shape index (κ1) is 30.9. The smallest absolute Gasteiger partial charge is 0.255 e. The maximum absolute atomic E-state index is 13.4. The number of carbonyl (C=O) groups is 3. The molecule has 1 atom stereocenters. The average molecular weight is 581 g/mol. The molecule has 0 unspecified atom stereocenters. The lowest BCUT2D eigenvalue weighted by Gasteiger charge is -2.19. The molecule has 0 aliphatic heterocycles. The minimum absolute atomic E-state index is 0.149. The summed E-state index contributed by atoms with van der Waals surface area (Å²) in [6.45, 7) is 5.65. The number of H-pyrrole nitrogens is 1. The van der Waals surface area contributed by atoms with E-state index in [9.17, 15) is 19.5 Å². The molecule has 43 heavy (non-hydrogen) atoms. The van der Waals surface area contributed by atoms with Crippen molar-refractivity contribution >= 4 is 28.6 Å². The lowest BCUT2D eigenvalue weighted by molar-refractivity contribution is -0.118. The van der Waals surface area contributed by atoms with Crippen LogP contribution in [0.1, 0.15) is 58.2 Å². The van der Waals surface area contributed by atoms with Crippen LogP contribution in [0.15, 0.2) is 72.9 Å². The average Bonchev–Trinajstić information content (AvgIpc) is 3.40. The second kappa shape index (κ2) is 14.7. The number of aliphatic hydroxyl groups is 1. The Morgan fingerprint density at radius 2 is 1.60 bits per heavy atom. The minimum atomic E-state index is -0.505. The van der Waals surface area contributed by atoms with Gasteiger partial charge in [0.2, 0.25) is 5.91 Å². The molecule has 0 saturated heterocycles. The predicted molar refractivity (Wildman–Crippen MR) is 166 cm³/mol. The molecule has 3 amide bonds. The van der Waals surface area contributed by atoms with Crippen LogP contribution in [0.5, 0.6) is 5.75 Å². The molecule has 0 aliphatic carbocycles. The highest BCUT2D eigenvalue weighted by Crippen LogP contribution is 2.23. The number of hydrogen-bond donors (Lipinski definition) is 5. The summed E-state index contributed by atoms with van der Waals surface area (Å²) in [5.41, 5.74) is 4.11. The molecule has 1 aromatic heterocycles. The lowest BCUT2D eigenvalue weighted by atomic mass is 10.0. The summed E-state index contributed by atoms with van der Waals surface area (Å²) >= 11 is 0. The van der Waals surface area contributed by atoms with Crippen molar-refractivity contribution in [3.8, 4) is 17.6 Å². The van der Waals surface area contributed by atoms with Crippen molar-refractivity contribution in [2.24, 2.45) is 0 Å². The Balaban J connectivity index is 1.47. The van der Waals surface area contributed by atoms with Gasteiger partial charge in [-0.1, -0.05) is 30.0 Å². The van der Waals surface area contributed by atoms with Crippen LogP contribution in [0, 0.1) is 11.8 Å². The van der Waals surface area contributed by atoms with Gasteiger partial charge in [0.15, 0.2) is 0 Å². The molecule has 0 aliphatic rings.